The Morgan fingerprint density at radius 1 is 1.53 bits per heavy atom. The molecule has 2 heterocycles. The van der Waals surface area contributed by atoms with E-state index in [1.165, 1.54) is 0 Å². The summed E-state index contributed by atoms with van der Waals surface area (Å²) in [4.78, 5) is 4.08. The lowest BCUT2D eigenvalue weighted by Crippen LogP contribution is -2.40. The standard InChI is InChI=1S/C13H12ClN3/c1-9-11(10-4-3-5-16-6-10)7-17-13(2,8-15)12(9)14/h3-7,17H,1-2H3. The highest BCUT2D eigenvalue weighted by Crippen LogP contribution is 2.35. The van der Waals surface area contributed by atoms with Gasteiger partial charge < -0.3 is 5.32 Å². The number of aromatic nitrogens is 1. The summed E-state index contributed by atoms with van der Waals surface area (Å²) >= 11 is 6.25. The van der Waals surface area contributed by atoms with Gasteiger partial charge in [0.25, 0.3) is 0 Å². The summed E-state index contributed by atoms with van der Waals surface area (Å²) in [7, 11) is 0. The van der Waals surface area contributed by atoms with Gasteiger partial charge >= 0.3 is 0 Å². The summed E-state index contributed by atoms with van der Waals surface area (Å²) in [5, 5.41) is 12.7. The molecule has 1 aliphatic heterocycles. The highest BCUT2D eigenvalue weighted by atomic mass is 35.5. The maximum Gasteiger partial charge on any atom is 0.158 e. The van der Waals surface area contributed by atoms with E-state index < -0.39 is 5.54 Å². The Morgan fingerprint density at radius 3 is 2.88 bits per heavy atom. The fourth-order valence-corrected chi connectivity index (χ4v) is 1.98. The van der Waals surface area contributed by atoms with Crippen LogP contribution in [0.3, 0.4) is 0 Å². The van der Waals surface area contributed by atoms with Gasteiger partial charge in [-0.1, -0.05) is 17.7 Å². The Kier molecular flexibility index (Phi) is 2.91. The number of hydrogen-bond acceptors (Lipinski definition) is 3. The van der Waals surface area contributed by atoms with Crippen LogP contribution < -0.4 is 5.32 Å². The van der Waals surface area contributed by atoms with E-state index in [2.05, 4.69) is 16.4 Å². The molecule has 17 heavy (non-hydrogen) atoms. The van der Waals surface area contributed by atoms with Gasteiger partial charge in [0, 0.05) is 29.7 Å². The first-order chi connectivity index (χ1) is 8.08. The largest absolute Gasteiger partial charge is 0.369 e. The molecule has 0 fully saturated rings. The van der Waals surface area contributed by atoms with Gasteiger partial charge in [-0.3, -0.25) is 4.98 Å². The second-order valence-electron chi connectivity index (χ2n) is 4.12. The molecule has 0 saturated heterocycles. The molecule has 1 aromatic heterocycles. The summed E-state index contributed by atoms with van der Waals surface area (Å²) in [6.45, 7) is 3.67. The first-order valence-corrected chi connectivity index (χ1v) is 5.63. The Bertz CT molecular complexity index is 540. The molecule has 86 valence electrons. The Balaban J connectivity index is 2.47. The van der Waals surface area contributed by atoms with Crippen molar-refractivity contribution < 1.29 is 0 Å². The zero-order valence-electron chi connectivity index (χ0n) is 9.66. The second-order valence-corrected chi connectivity index (χ2v) is 4.50. The number of rotatable bonds is 1. The van der Waals surface area contributed by atoms with Crippen LogP contribution in [0, 0.1) is 11.3 Å². The Labute approximate surface area is 105 Å². The molecule has 1 N–H and O–H groups in total. The van der Waals surface area contributed by atoms with Crippen LogP contribution in [0.1, 0.15) is 19.4 Å². The van der Waals surface area contributed by atoms with E-state index in [0.717, 1.165) is 16.7 Å². The van der Waals surface area contributed by atoms with Crippen LogP contribution in [0.4, 0.5) is 0 Å². The molecular formula is C13H12ClN3. The number of nitrogens with one attached hydrogen (secondary N) is 1. The van der Waals surface area contributed by atoms with Crippen molar-refractivity contribution in [3.8, 4) is 6.07 Å². The number of hydrogen-bond donors (Lipinski definition) is 1. The number of nitriles is 1. The van der Waals surface area contributed by atoms with Crippen molar-refractivity contribution in [2.24, 2.45) is 0 Å². The fourth-order valence-electron chi connectivity index (χ4n) is 1.78. The molecule has 0 aromatic carbocycles. The lowest BCUT2D eigenvalue weighted by molar-refractivity contribution is 0.610. The maximum absolute atomic E-state index is 9.12. The first-order valence-electron chi connectivity index (χ1n) is 5.25. The average molecular weight is 246 g/mol. The third-order valence-electron chi connectivity index (χ3n) is 2.87. The van der Waals surface area contributed by atoms with Gasteiger partial charge in [0.15, 0.2) is 5.54 Å². The molecule has 3 nitrogen and oxygen atoms in total. The van der Waals surface area contributed by atoms with Crippen molar-refractivity contribution in [3.63, 3.8) is 0 Å². The van der Waals surface area contributed by atoms with E-state index in [1.807, 2.05) is 25.3 Å². The molecule has 1 unspecified atom stereocenters. The van der Waals surface area contributed by atoms with Gasteiger partial charge in [0.2, 0.25) is 0 Å². The molecule has 0 radical (unpaired) electrons. The lowest BCUT2D eigenvalue weighted by atomic mass is 9.91. The molecule has 0 amide bonds. The van der Waals surface area contributed by atoms with Crippen LogP contribution in [0.2, 0.25) is 0 Å². The minimum absolute atomic E-state index is 0.529. The van der Waals surface area contributed by atoms with Gasteiger partial charge in [0.05, 0.1) is 11.1 Å². The van der Waals surface area contributed by atoms with E-state index in [1.54, 1.807) is 19.3 Å². The summed E-state index contributed by atoms with van der Waals surface area (Å²) in [6, 6.07) is 6.00. The molecule has 1 aliphatic rings. The van der Waals surface area contributed by atoms with E-state index in [9.17, 15) is 0 Å². The molecular weight excluding hydrogens is 234 g/mol. The summed E-state index contributed by atoms with van der Waals surface area (Å²) in [5.74, 6) is 0. The smallest absolute Gasteiger partial charge is 0.158 e. The van der Waals surface area contributed by atoms with Crippen molar-refractivity contribution in [1.82, 2.24) is 10.3 Å². The molecule has 0 bridgehead atoms. The maximum atomic E-state index is 9.12. The number of pyridine rings is 1. The Morgan fingerprint density at radius 2 is 2.29 bits per heavy atom. The van der Waals surface area contributed by atoms with Crippen LogP contribution in [0.15, 0.2) is 41.3 Å². The summed E-state index contributed by atoms with van der Waals surface area (Å²) < 4.78 is 0. The zero-order valence-corrected chi connectivity index (χ0v) is 10.4. The van der Waals surface area contributed by atoms with Crippen molar-refractivity contribution >= 4 is 17.2 Å². The minimum Gasteiger partial charge on any atom is -0.369 e. The number of allylic oxidation sites excluding steroid dienone is 2. The van der Waals surface area contributed by atoms with Gasteiger partial charge in [-0.2, -0.15) is 5.26 Å². The van der Waals surface area contributed by atoms with Crippen LogP contribution in [-0.2, 0) is 0 Å². The number of nitrogens with zero attached hydrogens (tertiary/aromatic N) is 2. The lowest BCUT2D eigenvalue weighted by Gasteiger charge is -2.29. The summed E-state index contributed by atoms with van der Waals surface area (Å²) in [5.41, 5.74) is 2.02. The second kappa shape index (κ2) is 4.23. The number of halogens is 1. The van der Waals surface area contributed by atoms with Crippen LogP contribution >= 0.6 is 11.6 Å². The highest BCUT2D eigenvalue weighted by Gasteiger charge is 2.32. The topological polar surface area (TPSA) is 48.7 Å². The quantitative estimate of drug-likeness (QED) is 0.828. The third kappa shape index (κ3) is 1.92. The van der Waals surface area contributed by atoms with Crippen molar-refractivity contribution in [2.75, 3.05) is 0 Å². The Hall–Kier alpha value is -1.79. The molecule has 1 atom stereocenters. The highest BCUT2D eigenvalue weighted by molar-refractivity contribution is 6.32. The van der Waals surface area contributed by atoms with Gasteiger partial charge in [-0.25, -0.2) is 0 Å². The van der Waals surface area contributed by atoms with Crippen LogP contribution in [-0.4, -0.2) is 10.5 Å². The van der Waals surface area contributed by atoms with Gasteiger partial charge in [-0.15, -0.1) is 0 Å². The van der Waals surface area contributed by atoms with E-state index >= 15 is 0 Å². The first kappa shape index (κ1) is 11.7. The van der Waals surface area contributed by atoms with E-state index in [-0.39, 0.29) is 0 Å². The van der Waals surface area contributed by atoms with E-state index in [4.69, 9.17) is 16.9 Å². The van der Waals surface area contributed by atoms with Crippen molar-refractivity contribution in [3.05, 3.63) is 46.9 Å². The van der Waals surface area contributed by atoms with E-state index in [0.29, 0.717) is 5.03 Å². The predicted molar refractivity (Wildman–Crippen MR) is 67.9 cm³/mol. The monoisotopic (exact) mass is 245 g/mol. The SMILES string of the molecule is CC1=C(Cl)C(C)(C#N)NC=C1c1cccnc1. The molecule has 2 rings (SSSR count). The molecule has 4 heteroatoms. The summed E-state index contributed by atoms with van der Waals surface area (Å²) in [6.07, 6.45) is 5.32. The van der Waals surface area contributed by atoms with Crippen molar-refractivity contribution in [2.45, 2.75) is 19.4 Å². The molecule has 0 aliphatic carbocycles. The molecule has 0 spiro atoms. The normalized spacial score (nSPS) is 23.8. The number of dihydropyridines is 1. The predicted octanol–water partition coefficient (Wildman–Crippen LogP) is 2.82. The average Bonchev–Trinajstić information content (AvgIpc) is 2.37. The third-order valence-corrected chi connectivity index (χ3v) is 3.53. The fraction of sp³-hybridized carbons (Fsp3) is 0.231. The van der Waals surface area contributed by atoms with Gasteiger partial charge in [-0.05, 0) is 25.5 Å². The zero-order chi connectivity index (χ0) is 12.5. The molecule has 0 saturated carbocycles. The van der Waals surface area contributed by atoms with Gasteiger partial charge in [0.1, 0.15) is 0 Å². The van der Waals surface area contributed by atoms with Crippen LogP contribution in [0.25, 0.3) is 5.57 Å². The van der Waals surface area contributed by atoms with Crippen molar-refractivity contribution in [1.29, 1.82) is 5.26 Å². The molecule has 1 aromatic rings. The minimum atomic E-state index is -0.836. The van der Waals surface area contributed by atoms with Crippen LogP contribution in [0.5, 0.6) is 0 Å².